The molecule has 0 amide bonds. The number of hydrogen-bond donors (Lipinski definition) is 1. The summed E-state index contributed by atoms with van der Waals surface area (Å²) in [5.74, 6) is -0.285. The Hall–Kier alpha value is -1.58. The van der Waals surface area contributed by atoms with Crippen LogP contribution in [0.1, 0.15) is 5.56 Å². The Bertz CT molecular complexity index is 336. The number of rotatable bonds is 1. The minimum absolute atomic E-state index is 0.0520. The maximum atomic E-state index is 12.8. The van der Waals surface area contributed by atoms with Gasteiger partial charge in [0.05, 0.1) is 12.7 Å². The third-order valence-corrected chi connectivity index (χ3v) is 1.59. The van der Waals surface area contributed by atoms with Gasteiger partial charge in [-0.05, 0) is 18.2 Å². The molecule has 13 heavy (non-hydrogen) atoms. The Morgan fingerprint density at radius 2 is 2.23 bits per heavy atom. The highest BCUT2D eigenvalue weighted by Crippen LogP contribution is 2.18. The van der Waals surface area contributed by atoms with Crippen molar-refractivity contribution in [2.24, 2.45) is 4.99 Å². The Morgan fingerprint density at radius 1 is 1.54 bits per heavy atom. The second-order valence-electron chi connectivity index (χ2n) is 2.39. The molecule has 1 N–H and O–H groups in total. The van der Waals surface area contributed by atoms with E-state index in [2.05, 4.69) is 4.99 Å². The molecule has 70 valence electrons. The lowest BCUT2D eigenvalue weighted by molar-refractivity contribution is 0.398. The molecule has 0 saturated carbocycles. The van der Waals surface area contributed by atoms with E-state index in [1.54, 1.807) is 0 Å². The fourth-order valence-electron chi connectivity index (χ4n) is 1.00. The number of aromatic hydroxyl groups is 1. The Labute approximate surface area is 75.5 Å². The van der Waals surface area contributed by atoms with E-state index in [1.807, 2.05) is 0 Å². The lowest BCUT2D eigenvalue weighted by Gasteiger charge is -2.05. The summed E-state index contributed by atoms with van der Waals surface area (Å²) in [7, 11) is 2.91. The van der Waals surface area contributed by atoms with Gasteiger partial charge in [0.1, 0.15) is 11.6 Å². The molecule has 0 radical (unpaired) electrons. The van der Waals surface area contributed by atoms with Crippen molar-refractivity contribution in [3.05, 3.63) is 29.6 Å². The van der Waals surface area contributed by atoms with Gasteiger partial charge in [-0.25, -0.2) is 4.39 Å². The average molecular weight is 183 g/mol. The van der Waals surface area contributed by atoms with E-state index in [0.29, 0.717) is 0 Å². The lowest BCUT2D eigenvalue weighted by atomic mass is 10.2. The molecule has 0 bridgehead atoms. The summed E-state index contributed by atoms with van der Waals surface area (Å²) in [5, 5.41) is 9.34. The fraction of sp³-hybridized carbons (Fsp3) is 0.222. The van der Waals surface area contributed by atoms with E-state index in [0.717, 1.165) is 0 Å². The molecule has 0 unspecified atom stereocenters. The predicted octanol–water partition coefficient (Wildman–Crippen LogP) is 1.55. The largest absolute Gasteiger partial charge is 0.507 e. The molecule has 0 saturated heterocycles. The molecule has 0 aliphatic carbocycles. The molecule has 0 spiro atoms. The van der Waals surface area contributed by atoms with Crippen LogP contribution >= 0.6 is 0 Å². The van der Waals surface area contributed by atoms with Gasteiger partial charge in [0.15, 0.2) is 0 Å². The normalized spacial score (nSPS) is 11.5. The summed E-state index contributed by atoms with van der Waals surface area (Å²) >= 11 is 0. The maximum Gasteiger partial charge on any atom is 0.219 e. The molecule has 0 aliphatic heterocycles. The van der Waals surface area contributed by atoms with Crippen LogP contribution in [0.5, 0.6) is 5.75 Å². The summed E-state index contributed by atoms with van der Waals surface area (Å²) in [5.41, 5.74) is 0.255. The van der Waals surface area contributed by atoms with Crippen molar-refractivity contribution >= 4 is 5.90 Å². The number of hydrogen-bond acceptors (Lipinski definition) is 3. The van der Waals surface area contributed by atoms with Crippen molar-refractivity contribution in [3.8, 4) is 5.75 Å². The molecule has 3 nitrogen and oxygen atoms in total. The Kier molecular flexibility index (Phi) is 2.84. The molecule has 0 aromatic heterocycles. The zero-order valence-corrected chi connectivity index (χ0v) is 7.41. The van der Waals surface area contributed by atoms with Gasteiger partial charge >= 0.3 is 0 Å². The first kappa shape index (κ1) is 9.51. The number of phenolic OH excluding ortho intramolecular Hbond substituents is 1. The van der Waals surface area contributed by atoms with E-state index < -0.39 is 5.82 Å². The van der Waals surface area contributed by atoms with Crippen LogP contribution in [-0.2, 0) is 4.74 Å². The number of benzene rings is 1. The lowest BCUT2D eigenvalue weighted by Crippen LogP contribution is -2.03. The topological polar surface area (TPSA) is 41.8 Å². The number of nitrogens with zero attached hydrogens (tertiary/aromatic N) is 1. The summed E-state index contributed by atoms with van der Waals surface area (Å²) < 4.78 is 17.6. The first-order valence-corrected chi connectivity index (χ1v) is 3.68. The zero-order valence-electron chi connectivity index (χ0n) is 7.41. The molecule has 1 aromatic rings. The molecular formula is C9H10FNO2. The number of halogens is 1. The van der Waals surface area contributed by atoms with Crippen LogP contribution < -0.4 is 0 Å². The van der Waals surface area contributed by atoms with Gasteiger partial charge in [0.25, 0.3) is 0 Å². The van der Waals surface area contributed by atoms with Gasteiger partial charge in [-0.15, -0.1) is 0 Å². The highest BCUT2D eigenvalue weighted by Gasteiger charge is 2.09. The summed E-state index contributed by atoms with van der Waals surface area (Å²) in [6.45, 7) is 0. The van der Waals surface area contributed by atoms with Crippen molar-refractivity contribution in [2.75, 3.05) is 14.2 Å². The standard InChI is InChI=1S/C9H10FNO2/c1-11-9(13-2)7-5-6(10)3-4-8(7)12/h3-5,12H,1-2H3. The van der Waals surface area contributed by atoms with Crippen LogP contribution in [0.25, 0.3) is 0 Å². The van der Waals surface area contributed by atoms with Gasteiger partial charge in [-0.1, -0.05) is 0 Å². The molecule has 0 aliphatic rings. The van der Waals surface area contributed by atoms with Crippen LogP contribution in [0, 0.1) is 5.82 Å². The minimum Gasteiger partial charge on any atom is -0.507 e. The smallest absolute Gasteiger partial charge is 0.219 e. The monoisotopic (exact) mass is 183 g/mol. The van der Waals surface area contributed by atoms with Crippen molar-refractivity contribution in [1.29, 1.82) is 0 Å². The van der Waals surface area contributed by atoms with Crippen LogP contribution in [0.15, 0.2) is 23.2 Å². The van der Waals surface area contributed by atoms with Gasteiger partial charge in [-0.2, -0.15) is 0 Å². The second kappa shape index (κ2) is 3.89. The minimum atomic E-state index is -0.439. The van der Waals surface area contributed by atoms with Gasteiger partial charge in [-0.3, -0.25) is 4.99 Å². The van der Waals surface area contributed by atoms with Gasteiger partial charge in [0.2, 0.25) is 5.90 Å². The van der Waals surface area contributed by atoms with E-state index in [9.17, 15) is 9.50 Å². The third kappa shape index (κ3) is 1.96. The second-order valence-corrected chi connectivity index (χ2v) is 2.39. The van der Waals surface area contributed by atoms with Crippen LogP contribution in [0.4, 0.5) is 4.39 Å². The first-order valence-electron chi connectivity index (χ1n) is 3.68. The molecule has 0 atom stereocenters. The summed E-state index contributed by atoms with van der Waals surface area (Å²) in [4.78, 5) is 3.75. The highest BCUT2D eigenvalue weighted by atomic mass is 19.1. The van der Waals surface area contributed by atoms with Crippen molar-refractivity contribution in [3.63, 3.8) is 0 Å². The third-order valence-electron chi connectivity index (χ3n) is 1.59. The van der Waals surface area contributed by atoms with Crippen LogP contribution in [-0.4, -0.2) is 25.2 Å². The van der Waals surface area contributed by atoms with E-state index in [4.69, 9.17) is 4.74 Å². The number of aliphatic imine (C=N–C) groups is 1. The van der Waals surface area contributed by atoms with Crippen molar-refractivity contribution in [1.82, 2.24) is 0 Å². The van der Waals surface area contributed by atoms with Crippen molar-refractivity contribution < 1.29 is 14.2 Å². The SMILES string of the molecule is CN=C(OC)c1cc(F)ccc1O. The van der Waals surface area contributed by atoms with Crippen LogP contribution in [0.3, 0.4) is 0 Å². The maximum absolute atomic E-state index is 12.8. The van der Waals surface area contributed by atoms with E-state index >= 15 is 0 Å². The molecule has 0 heterocycles. The number of phenols is 1. The number of methoxy groups -OCH3 is 1. The molecular weight excluding hydrogens is 173 g/mol. The first-order chi connectivity index (χ1) is 6.19. The van der Waals surface area contributed by atoms with E-state index in [1.165, 1.54) is 32.4 Å². The molecule has 1 aromatic carbocycles. The Balaban J connectivity index is 3.19. The Morgan fingerprint density at radius 3 is 2.77 bits per heavy atom. The summed E-state index contributed by atoms with van der Waals surface area (Å²) in [6, 6.07) is 3.60. The number of ether oxygens (including phenoxy) is 1. The molecule has 1 rings (SSSR count). The highest BCUT2D eigenvalue weighted by molar-refractivity contribution is 5.96. The quantitative estimate of drug-likeness (QED) is 0.530. The predicted molar refractivity (Wildman–Crippen MR) is 47.5 cm³/mol. The zero-order chi connectivity index (χ0) is 9.84. The van der Waals surface area contributed by atoms with Crippen molar-refractivity contribution in [2.45, 2.75) is 0 Å². The van der Waals surface area contributed by atoms with Gasteiger partial charge in [0, 0.05) is 7.05 Å². The average Bonchev–Trinajstić information content (AvgIpc) is 2.13. The van der Waals surface area contributed by atoms with Gasteiger partial charge < -0.3 is 9.84 Å². The molecule has 4 heteroatoms. The summed E-state index contributed by atoms with van der Waals surface area (Å²) in [6.07, 6.45) is 0. The fourth-order valence-corrected chi connectivity index (χ4v) is 1.00. The molecule has 0 fully saturated rings. The van der Waals surface area contributed by atoms with Crippen LogP contribution in [0.2, 0.25) is 0 Å². The van der Waals surface area contributed by atoms with E-state index in [-0.39, 0.29) is 17.2 Å².